The molecule has 1 aliphatic heterocycles. The fourth-order valence-electron chi connectivity index (χ4n) is 4.74. The summed E-state index contributed by atoms with van der Waals surface area (Å²) in [6.07, 6.45) is 2.71. The van der Waals surface area contributed by atoms with E-state index >= 15 is 0 Å². The quantitative estimate of drug-likeness (QED) is 0.395. The first-order chi connectivity index (χ1) is 16.2. The van der Waals surface area contributed by atoms with Crippen LogP contribution in [0.2, 0.25) is 0 Å². The molecule has 2 unspecified atom stereocenters. The lowest BCUT2D eigenvalue weighted by atomic mass is 9.99. The number of H-pyrrole nitrogens is 1. The van der Waals surface area contributed by atoms with Crippen molar-refractivity contribution in [2.24, 2.45) is 0 Å². The minimum atomic E-state index is -0.102. The average molecular weight is 441 g/mol. The fraction of sp³-hybridized carbons (Fsp3) is 0.259. The van der Waals surface area contributed by atoms with E-state index in [0.717, 1.165) is 41.8 Å². The lowest BCUT2D eigenvalue weighted by Crippen LogP contribution is -2.33. The summed E-state index contributed by atoms with van der Waals surface area (Å²) in [7, 11) is 3.30. The lowest BCUT2D eigenvalue weighted by Gasteiger charge is -2.27. The number of amidine groups is 1. The van der Waals surface area contributed by atoms with Gasteiger partial charge in [0.15, 0.2) is 0 Å². The minimum Gasteiger partial charge on any atom is -0.497 e. The Bertz CT molecular complexity index is 1210. The van der Waals surface area contributed by atoms with Gasteiger partial charge in [-0.05, 0) is 37.0 Å². The topological polar surface area (TPSA) is 74.2 Å². The highest BCUT2D eigenvalue weighted by Crippen LogP contribution is 2.40. The van der Waals surface area contributed by atoms with Gasteiger partial charge in [0.1, 0.15) is 23.2 Å². The normalized spacial score (nSPS) is 18.1. The smallest absolute Gasteiger partial charge is 0.124 e. The number of para-hydroxylation sites is 2. The molecule has 1 aromatic heterocycles. The van der Waals surface area contributed by atoms with Crippen LogP contribution in [0.5, 0.6) is 11.5 Å². The molecule has 4 aromatic rings. The van der Waals surface area contributed by atoms with Gasteiger partial charge in [0.2, 0.25) is 0 Å². The number of methoxy groups -OCH3 is 2. The van der Waals surface area contributed by atoms with E-state index in [1.165, 1.54) is 5.56 Å². The molecule has 2 atom stereocenters. The summed E-state index contributed by atoms with van der Waals surface area (Å²) < 4.78 is 11.0. The van der Waals surface area contributed by atoms with Gasteiger partial charge in [0, 0.05) is 29.9 Å². The summed E-state index contributed by atoms with van der Waals surface area (Å²) in [5, 5.41) is 9.16. The number of benzene rings is 3. The van der Waals surface area contributed by atoms with Gasteiger partial charge in [-0.25, -0.2) is 4.98 Å². The molecule has 3 aromatic carbocycles. The molecule has 33 heavy (non-hydrogen) atoms. The summed E-state index contributed by atoms with van der Waals surface area (Å²) in [6, 6.07) is 24.5. The number of nitrogens with one attached hydrogen (secondary N) is 2. The largest absolute Gasteiger partial charge is 0.497 e. The molecular formula is C27H28N4O2. The van der Waals surface area contributed by atoms with Crippen molar-refractivity contribution < 1.29 is 9.47 Å². The Kier molecular flexibility index (Phi) is 5.73. The molecule has 1 fully saturated rings. The highest BCUT2D eigenvalue weighted by Gasteiger charge is 2.40. The summed E-state index contributed by atoms with van der Waals surface area (Å²) >= 11 is 0. The number of ether oxygens (including phenoxy) is 2. The Morgan fingerprint density at radius 2 is 1.67 bits per heavy atom. The monoisotopic (exact) mass is 440 g/mol. The molecule has 1 aliphatic rings. The van der Waals surface area contributed by atoms with Crippen molar-refractivity contribution in [2.75, 3.05) is 19.1 Å². The maximum atomic E-state index is 9.16. The molecule has 6 nitrogen and oxygen atoms in total. The van der Waals surface area contributed by atoms with Crippen LogP contribution in [0, 0.1) is 5.41 Å². The van der Waals surface area contributed by atoms with Gasteiger partial charge in [0.05, 0.1) is 31.2 Å². The molecule has 0 amide bonds. The summed E-state index contributed by atoms with van der Waals surface area (Å²) in [4.78, 5) is 10.4. The molecule has 0 saturated carbocycles. The third-order valence-electron chi connectivity index (χ3n) is 6.42. The van der Waals surface area contributed by atoms with Crippen LogP contribution in [0.25, 0.3) is 11.0 Å². The van der Waals surface area contributed by atoms with E-state index in [4.69, 9.17) is 19.9 Å². The van der Waals surface area contributed by atoms with Crippen molar-refractivity contribution in [1.82, 2.24) is 9.97 Å². The van der Waals surface area contributed by atoms with Gasteiger partial charge in [-0.2, -0.15) is 0 Å². The molecule has 0 aliphatic carbocycles. The van der Waals surface area contributed by atoms with Crippen LogP contribution in [0.15, 0.2) is 72.8 Å². The number of anilines is 1. The first-order valence-corrected chi connectivity index (χ1v) is 11.3. The number of aromatic amines is 1. The number of hydrogen-bond acceptors (Lipinski definition) is 4. The van der Waals surface area contributed by atoms with Crippen molar-refractivity contribution in [3.8, 4) is 11.5 Å². The Labute approximate surface area is 193 Å². The number of hydrogen-bond donors (Lipinski definition) is 2. The van der Waals surface area contributed by atoms with Gasteiger partial charge < -0.3 is 19.4 Å². The lowest BCUT2D eigenvalue weighted by molar-refractivity contribution is 0.394. The number of aryl methyl sites for hydroxylation is 1. The average Bonchev–Trinajstić information content (AvgIpc) is 3.43. The second kappa shape index (κ2) is 8.98. The van der Waals surface area contributed by atoms with Crippen molar-refractivity contribution in [2.45, 2.75) is 31.2 Å². The molecule has 2 N–H and O–H groups in total. The highest BCUT2D eigenvalue weighted by atomic mass is 16.5. The summed E-state index contributed by atoms with van der Waals surface area (Å²) in [5.41, 5.74) is 4.15. The van der Waals surface area contributed by atoms with Gasteiger partial charge in [-0.3, -0.25) is 5.41 Å². The molecule has 0 bridgehead atoms. The molecule has 6 heteroatoms. The fourth-order valence-corrected chi connectivity index (χ4v) is 4.74. The third kappa shape index (κ3) is 4.16. The van der Waals surface area contributed by atoms with E-state index in [1.54, 1.807) is 14.2 Å². The zero-order valence-corrected chi connectivity index (χ0v) is 18.9. The third-order valence-corrected chi connectivity index (χ3v) is 6.42. The van der Waals surface area contributed by atoms with Gasteiger partial charge in [-0.1, -0.05) is 42.5 Å². The van der Waals surface area contributed by atoms with E-state index in [9.17, 15) is 0 Å². The maximum absolute atomic E-state index is 9.16. The zero-order valence-electron chi connectivity index (χ0n) is 18.9. The standard InChI is InChI=1S/C27H28N4O2/c1-32-21-14-20(15-22(17-21)33-2)31-19(13-12-18-8-4-3-5-9-18)16-23(26(31)28)27-29-24-10-6-7-11-25(24)30-27/h3-11,14-15,17,19,23,28H,12-13,16H2,1-2H3,(H,29,30). The molecule has 0 spiro atoms. The molecule has 0 radical (unpaired) electrons. The number of rotatable bonds is 7. The molecule has 1 saturated heterocycles. The second-order valence-corrected chi connectivity index (χ2v) is 8.43. The van der Waals surface area contributed by atoms with Crippen LogP contribution in [-0.2, 0) is 6.42 Å². The summed E-state index contributed by atoms with van der Waals surface area (Å²) in [6.45, 7) is 0. The first kappa shape index (κ1) is 21.1. The van der Waals surface area contributed by atoms with Gasteiger partial charge in [-0.15, -0.1) is 0 Å². The van der Waals surface area contributed by atoms with Crippen LogP contribution >= 0.6 is 0 Å². The van der Waals surface area contributed by atoms with E-state index in [2.05, 4.69) is 34.1 Å². The molecule has 168 valence electrons. The highest BCUT2D eigenvalue weighted by molar-refractivity contribution is 6.03. The van der Waals surface area contributed by atoms with Crippen LogP contribution < -0.4 is 14.4 Å². The number of nitrogens with zero attached hydrogens (tertiary/aromatic N) is 2. The Hall–Kier alpha value is -3.80. The van der Waals surface area contributed by atoms with E-state index in [1.807, 2.05) is 48.5 Å². The number of imidazole rings is 1. The van der Waals surface area contributed by atoms with Crippen LogP contribution in [0.1, 0.15) is 30.1 Å². The molecular weight excluding hydrogens is 412 g/mol. The Morgan fingerprint density at radius 1 is 0.970 bits per heavy atom. The van der Waals surface area contributed by atoms with Crippen molar-refractivity contribution in [3.05, 3.63) is 84.2 Å². The van der Waals surface area contributed by atoms with Crippen LogP contribution in [0.3, 0.4) is 0 Å². The zero-order chi connectivity index (χ0) is 22.8. The SMILES string of the molecule is COc1cc(OC)cc(N2C(=N)C(c3nc4ccccc4[nH]3)CC2CCc2ccccc2)c1. The molecule has 2 heterocycles. The Morgan fingerprint density at radius 3 is 2.36 bits per heavy atom. The Balaban J connectivity index is 1.50. The van der Waals surface area contributed by atoms with E-state index in [-0.39, 0.29) is 12.0 Å². The number of aromatic nitrogens is 2. The molecule has 5 rings (SSSR count). The van der Waals surface area contributed by atoms with Crippen molar-refractivity contribution >= 4 is 22.6 Å². The van der Waals surface area contributed by atoms with E-state index < -0.39 is 0 Å². The van der Waals surface area contributed by atoms with Crippen molar-refractivity contribution in [1.29, 1.82) is 5.41 Å². The van der Waals surface area contributed by atoms with Gasteiger partial charge >= 0.3 is 0 Å². The predicted molar refractivity (Wildman–Crippen MR) is 132 cm³/mol. The summed E-state index contributed by atoms with van der Waals surface area (Å²) in [5.74, 6) is 2.72. The first-order valence-electron chi connectivity index (χ1n) is 11.3. The second-order valence-electron chi connectivity index (χ2n) is 8.43. The van der Waals surface area contributed by atoms with Gasteiger partial charge in [0.25, 0.3) is 0 Å². The predicted octanol–water partition coefficient (Wildman–Crippen LogP) is 5.55. The van der Waals surface area contributed by atoms with Crippen LogP contribution in [-0.4, -0.2) is 36.1 Å². The minimum absolute atomic E-state index is 0.102. The number of fused-ring (bicyclic) bond motifs is 1. The maximum Gasteiger partial charge on any atom is 0.124 e. The van der Waals surface area contributed by atoms with Crippen LogP contribution in [0.4, 0.5) is 5.69 Å². The van der Waals surface area contributed by atoms with Crippen molar-refractivity contribution in [3.63, 3.8) is 0 Å². The van der Waals surface area contributed by atoms with E-state index in [0.29, 0.717) is 17.3 Å².